The maximum atomic E-state index is 11.7. The van der Waals surface area contributed by atoms with E-state index < -0.39 is 5.97 Å². The number of aromatic carboxylic acids is 1. The Balaban J connectivity index is 1.85. The first kappa shape index (κ1) is 12.7. The molecule has 9 heteroatoms. The minimum atomic E-state index is -1.13. The minimum Gasteiger partial charge on any atom is -0.476 e. The first-order valence-electron chi connectivity index (χ1n) is 5.46. The molecule has 19 heavy (non-hydrogen) atoms. The number of carboxylic acids is 1. The van der Waals surface area contributed by atoms with Gasteiger partial charge in [0, 0.05) is 13.6 Å². The number of aromatic nitrogens is 5. The van der Waals surface area contributed by atoms with Crippen molar-refractivity contribution in [3.05, 3.63) is 30.1 Å². The molecule has 100 valence electrons. The summed E-state index contributed by atoms with van der Waals surface area (Å²) in [5.74, 6) is -1.39. The van der Waals surface area contributed by atoms with Crippen molar-refractivity contribution < 1.29 is 14.7 Å². The Bertz CT molecular complexity index is 602. The number of imidazole rings is 1. The van der Waals surface area contributed by atoms with Crippen molar-refractivity contribution in [1.29, 1.82) is 0 Å². The van der Waals surface area contributed by atoms with Crippen molar-refractivity contribution >= 4 is 11.9 Å². The van der Waals surface area contributed by atoms with Crippen LogP contribution >= 0.6 is 0 Å². The zero-order valence-electron chi connectivity index (χ0n) is 10.1. The quantitative estimate of drug-likeness (QED) is 0.726. The zero-order chi connectivity index (χ0) is 13.8. The SMILES string of the molecule is Cn1cncc1C(=O)NCCn1cc(C(=O)O)nn1. The Morgan fingerprint density at radius 2 is 2.26 bits per heavy atom. The molecular weight excluding hydrogens is 252 g/mol. The highest BCUT2D eigenvalue weighted by molar-refractivity contribution is 5.92. The topological polar surface area (TPSA) is 115 Å². The van der Waals surface area contributed by atoms with Crippen LogP contribution < -0.4 is 5.32 Å². The maximum Gasteiger partial charge on any atom is 0.358 e. The van der Waals surface area contributed by atoms with Gasteiger partial charge in [0.1, 0.15) is 5.69 Å². The van der Waals surface area contributed by atoms with Gasteiger partial charge >= 0.3 is 5.97 Å². The van der Waals surface area contributed by atoms with E-state index in [1.807, 2.05) is 0 Å². The predicted molar refractivity (Wildman–Crippen MR) is 62.5 cm³/mol. The number of carbonyl (C=O) groups is 2. The second-order valence-electron chi connectivity index (χ2n) is 3.82. The first-order valence-corrected chi connectivity index (χ1v) is 5.46. The molecule has 0 saturated heterocycles. The molecule has 9 nitrogen and oxygen atoms in total. The Labute approximate surface area is 107 Å². The molecule has 2 N–H and O–H groups in total. The molecule has 2 heterocycles. The average molecular weight is 264 g/mol. The lowest BCUT2D eigenvalue weighted by atomic mass is 10.4. The van der Waals surface area contributed by atoms with Crippen LogP contribution in [0.3, 0.4) is 0 Å². The summed E-state index contributed by atoms with van der Waals surface area (Å²) in [5, 5.41) is 18.4. The normalized spacial score (nSPS) is 10.4. The highest BCUT2D eigenvalue weighted by Crippen LogP contribution is 1.96. The molecule has 0 saturated carbocycles. The van der Waals surface area contributed by atoms with Gasteiger partial charge in [-0.05, 0) is 0 Å². The molecule has 0 aliphatic carbocycles. The van der Waals surface area contributed by atoms with Crippen LogP contribution in [0.5, 0.6) is 0 Å². The molecule has 2 rings (SSSR count). The molecular formula is C10H12N6O3. The van der Waals surface area contributed by atoms with Gasteiger partial charge < -0.3 is 15.0 Å². The number of amides is 1. The lowest BCUT2D eigenvalue weighted by Gasteiger charge is -2.04. The van der Waals surface area contributed by atoms with Gasteiger partial charge in [-0.15, -0.1) is 5.10 Å². The van der Waals surface area contributed by atoms with E-state index >= 15 is 0 Å². The molecule has 0 spiro atoms. The van der Waals surface area contributed by atoms with E-state index in [0.29, 0.717) is 18.8 Å². The van der Waals surface area contributed by atoms with Crippen LogP contribution in [0.1, 0.15) is 21.0 Å². The van der Waals surface area contributed by atoms with Gasteiger partial charge in [0.05, 0.1) is 25.3 Å². The Hall–Kier alpha value is -2.71. The summed E-state index contributed by atoms with van der Waals surface area (Å²) < 4.78 is 2.96. The van der Waals surface area contributed by atoms with Crippen molar-refractivity contribution in [3.63, 3.8) is 0 Å². The van der Waals surface area contributed by atoms with Gasteiger partial charge in [-0.2, -0.15) is 0 Å². The van der Waals surface area contributed by atoms with Crippen LogP contribution in [0.4, 0.5) is 0 Å². The number of carbonyl (C=O) groups excluding carboxylic acids is 1. The number of nitrogens with one attached hydrogen (secondary N) is 1. The van der Waals surface area contributed by atoms with Crippen LogP contribution in [0, 0.1) is 0 Å². The third kappa shape index (κ3) is 2.94. The molecule has 1 amide bonds. The summed E-state index contributed by atoms with van der Waals surface area (Å²) in [6.45, 7) is 0.649. The second-order valence-corrected chi connectivity index (χ2v) is 3.82. The summed E-state index contributed by atoms with van der Waals surface area (Å²) in [7, 11) is 1.72. The molecule has 2 aromatic heterocycles. The third-order valence-electron chi connectivity index (χ3n) is 2.43. The molecule has 2 aromatic rings. The number of hydrogen-bond donors (Lipinski definition) is 2. The molecule has 0 aliphatic rings. The Kier molecular flexibility index (Phi) is 3.55. The highest BCUT2D eigenvalue weighted by atomic mass is 16.4. The molecule has 0 radical (unpaired) electrons. The van der Waals surface area contributed by atoms with E-state index in [0.717, 1.165) is 0 Å². The molecule has 0 fully saturated rings. The van der Waals surface area contributed by atoms with E-state index in [9.17, 15) is 9.59 Å². The van der Waals surface area contributed by atoms with Crippen LogP contribution in [-0.2, 0) is 13.6 Å². The van der Waals surface area contributed by atoms with Gasteiger partial charge in [0.15, 0.2) is 5.69 Å². The smallest absolute Gasteiger partial charge is 0.358 e. The van der Waals surface area contributed by atoms with Crippen molar-refractivity contribution in [2.24, 2.45) is 7.05 Å². The van der Waals surface area contributed by atoms with Gasteiger partial charge in [0.25, 0.3) is 5.91 Å². The fourth-order valence-corrected chi connectivity index (χ4v) is 1.46. The van der Waals surface area contributed by atoms with Crippen LogP contribution in [-0.4, -0.2) is 48.1 Å². The summed E-state index contributed by atoms with van der Waals surface area (Å²) >= 11 is 0. The second kappa shape index (κ2) is 5.29. The van der Waals surface area contributed by atoms with Crippen molar-refractivity contribution in [1.82, 2.24) is 29.9 Å². The number of hydrogen-bond acceptors (Lipinski definition) is 5. The summed E-state index contributed by atoms with van der Waals surface area (Å²) in [6.07, 6.45) is 4.30. The largest absolute Gasteiger partial charge is 0.476 e. The molecule has 0 aromatic carbocycles. The lowest BCUT2D eigenvalue weighted by Crippen LogP contribution is -2.28. The monoisotopic (exact) mass is 264 g/mol. The molecule has 0 unspecified atom stereocenters. The molecule has 0 atom stereocenters. The van der Waals surface area contributed by atoms with Gasteiger partial charge in [-0.1, -0.05) is 5.21 Å². The minimum absolute atomic E-state index is 0.127. The van der Waals surface area contributed by atoms with Crippen molar-refractivity contribution in [3.8, 4) is 0 Å². The van der Waals surface area contributed by atoms with Crippen molar-refractivity contribution in [2.75, 3.05) is 6.54 Å². The van der Waals surface area contributed by atoms with Gasteiger partial charge in [-0.3, -0.25) is 4.79 Å². The Morgan fingerprint density at radius 3 is 2.84 bits per heavy atom. The van der Waals surface area contributed by atoms with Gasteiger partial charge in [-0.25, -0.2) is 14.5 Å². The van der Waals surface area contributed by atoms with E-state index in [1.54, 1.807) is 11.6 Å². The highest BCUT2D eigenvalue weighted by Gasteiger charge is 2.10. The van der Waals surface area contributed by atoms with E-state index in [1.165, 1.54) is 23.4 Å². The zero-order valence-corrected chi connectivity index (χ0v) is 10.1. The first-order chi connectivity index (χ1) is 9.08. The maximum absolute atomic E-state index is 11.7. The van der Waals surface area contributed by atoms with Gasteiger partial charge in [0.2, 0.25) is 0 Å². The van der Waals surface area contributed by atoms with E-state index in [2.05, 4.69) is 20.6 Å². The molecule has 0 bridgehead atoms. The number of nitrogens with zero attached hydrogens (tertiary/aromatic N) is 5. The Morgan fingerprint density at radius 1 is 1.47 bits per heavy atom. The molecule has 0 aliphatic heterocycles. The number of aryl methyl sites for hydroxylation is 1. The summed E-state index contributed by atoms with van der Waals surface area (Å²) in [4.78, 5) is 26.2. The number of carboxylic acid groups (broad SMARTS) is 1. The predicted octanol–water partition coefficient (Wildman–Crippen LogP) is -0.860. The van der Waals surface area contributed by atoms with E-state index in [-0.39, 0.29) is 11.6 Å². The summed E-state index contributed by atoms with van der Waals surface area (Å²) in [6, 6.07) is 0. The fraction of sp³-hybridized carbons (Fsp3) is 0.300. The fourth-order valence-electron chi connectivity index (χ4n) is 1.46. The average Bonchev–Trinajstić information content (AvgIpc) is 2.97. The van der Waals surface area contributed by atoms with Crippen LogP contribution in [0.2, 0.25) is 0 Å². The van der Waals surface area contributed by atoms with Crippen LogP contribution in [0.25, 0.3) is 0 Å². The standard InChI is InChI=1S/C10H12N6O3/c1-15-6-11-4-8(15)9(17)12-2-3-16-5-7(10(18)19)13-14-16/h4-6H,2-3H2,1H3,(H,12,17)(H,18,19). The summed E-state index contributed by atoms with van der Waals surface area (Å²) in [5.41, 5.74) is 0.322. The van der Waals surface area contributed by atoms with Crippen molar-refractivity contribution in [2.45, 2.75) is 6.54 Å². The lowest BCUT2D eigenvalue weighted by molar-refractivity contribution is 0.0690. The third-order valence-corrected chi connectivity index (χ3v) is 2.43. The number of rotatable bonds is 5. The van der Waals surface area contributed by atoms with E-state index in [4.69, 9.17) is 5.11 Å². The van der Waals surface area contributed by atoms with Crippen LogP contribution in [0.15, 0.2) is 18.7 Å².